The van der Waals surface area contributed by atoms with Crippen molar-refractivity contribution in [1.29, 1.82) is 0 Å². The molecular formula is C18H30N2S2. The average Bonchev–Trinajstić information content (AvgIpc) is 2.58. The fraction of sp³-hybridized carbons (Fsp3) is 0.667. The van der Waals surface area contributed by atoms with E-state index in [0.717, 1.165) is 31.5 Å². The maximum atomic E-state index is 4.25. The van der Waals surface area contributed by atoms with Crippen molar-refractivity contribution in [3.63, 3.8) is 0 Å². The normalized spacial score (nSPS) is 20.7. The molecule has 2 nitrogen and oxygen atoms in total. The predicted octanol–water partition coefficient (Wildman–Crippen LogP) is 3.53. The Hall–Kier alpha value is -0.160. The molecule has 0 unspecified atom stereocenters. The first-order chi connectivity index (χ1) is 10.7. The largest absolute Gasteiger partial charge is 0.301 e. The van der Waals surface area contributed by atoms with Crippen LogP contribution in [0.4, 0.5) is 0 Å². The molecule has 0 aromatic carbocycles. The highest BCUT2D eigenvalue weighted by atomic mass is 32.2. The zero-order valence-corrected chi connectivity index (χ0v) is 15.5. The maximum Gasteiger partial charge on any atom is 0.00728 e. The van der Waals surface area contributed by atoms with Crippen molar-refractivity contribution in [3.8, 4) is 0 Å². The van der Waals surface area contributed by atoms with E-state index in [4.69, 9.17) is 0 Å². The molecule has 124 valence electrons. The molecule has 0 saturated carbocycles. The highest BCUT2D eigenvalue weighted by Gasteiger charge is 2.14. The van der Waals surface area contributed by atoms with E-state index in [1.165, 1.54) is 60.3 Å². The molecule has 2 saturated heterocycles. The van der Waals surface area contributed by atoms with Crippen LogP contribution in [0.1, 0.15) is 12.8 Å². The molecule has 0 atom stereocenters. The molecule has 0 aliphatic carbocycles. The van der Waals surface area contributed by atoms with Crippen LogP contribution in [0.3, 0.4) is 0 Å². The van der Waals surface area contributed by atoms with E-state index in [-0.39, 0.29) is 0 Å². The summed E-state index contributed by atoms with van der Waals surface area (Å²) in [5.41, 5.74) is 3.45. The van der Waals surface area contributed by atoms with Crippen LogP contribution in [0.2, 0.25) is 0 Å². The monoisotopic (exact) mass is 338 g/mol. The second-order valence-corrected chi connectivity index (χ2v) is 8.54. The molecule has 2 aliphatic rings. The Kier molecular flexibility index (Phi) is 8.15. The van der Waals surface area contributed by atoms with Gasteiger partial charge in [-0.2, -0.15) is 23.5 Å². The van der Waals surface area contributed by atoms with Crippen LogP contribution < -0.4 is 0 Å². The molecule has 0 spiro atoms. The van der Waals surface area contributed by atoms with Crippen LogP contribution in [0, 0.1) is 0 Å². The van der Waals surface area contributed by atoms with Gasteiger partial charge in [0, 0.05) is 62.3 Å². The molecule has 4 heteroatoms. The Balaban J connectivity index is 1.65. The van der Waals surface area contributed by atoms with Crippen LogP contribution in [0.15, 0.2) is 36.5 Å². The van der Waals surface area contributed by atoms with E-state index in [1.54, 1.807) is 0 Å². The maximum absolute atomic E-state index is 4.25. The first-order valence-electron chi connectivity index (χ1n) is 8.32. The summed E-state index contributed by atoms with van der Waals surface area (Å²) >= 11 is 4.12. The van der Waals surface area contributed by atoms with Crippen LogP contribution >= 0.6 is 23.5 Å². The zero-order valence-electron chi connectivity index (χ0n) is 13.8. The van der Waals surface area contributed by atoms with Crippen molar-refractivity contribution < 1.29 is 0 Å². The predicted molar refractivity (Wildman–Crippen MR) is 104 cm³/mol. The van der Waals surface area contributed by atoms with Gasteiger partial charge in [-0.15, -0.1) is 0 Å². The van der Waals surface area contributed by atoms with Gasteiger partial charge >= 0.3 is 0 Å². The summed E-state index contributed by atoms with van der Waals surface area (Å²) in [6.45, 7) is 19.9. The lowest BCUT2D eigenvalue weighted by Crippen LogP contribution is -2.34. The fourth-order valence-electron chi connectivity index (χ4n) is 2.79. The number of rotatable bonds is 8. The van der Waals surface area contributed by atoms with Crippen molar-refractivity contribution in [2.24, 2.45) is 0 Å². The van der Waals surface area contributed by atoms with E-state index < -0.39 is 0 Å². The number of allylic oxidation sites excluding steroid dienone is 1. The quantitative estimate of drug-likeness (QED) is 0.624. The van der Waals surface area contributed by atoms with Gasteiger partial charge in [0.25, 0.3) is 0 Å². The summed E-state index contributed by atoms with van der Waals surface area (Å²) in [5, 5.41) is 0. The lowest BCUT2D eigenvalue weighted by molar-refractivity contribution is 0.305. The summed E-state index contributed by atoms with van der Waals surface area (Å²) in [5.74, 6) is 5.09. The molecule has 2 heterocycles. The van der Waals surface area contributed by atoms with Crippen molar-refractivity contribution in [2.75, 3.05) is 62.3 Å². The lowest BCUT2D eigenvalue weighted by atomic mass is 9.97. The number of thioether (sulfide) groups is 2. The first-order valence-corrected chi connectivity index (χ1v) is 10.6. The van der Waals surface area contributed by atoms with E-state index in [2.05, 4.69) is 53.1 Å². The summed E-state index contributed by atoms with van der Waals surface area (Å²) in [6, 6.07) is 0. The Bertz CT molecular complexity index is 358. The van der Waals surface area contributed by atoms with Crippen molar-refractivity contribution in [2.45, 2.75) is 12.8 Å². The molecule has 22 heavy (non-hydrogen) atoms. The first kappa shape index (κ1) is 18.2. The van der Waals surface area contributed by atoms with Gasteiger partial charge in [0.1, 0.15) is 0 Å². The smallest absolute Gasteiger partial charge is 0.00728 e. The van der Waals surface area contributed by atoms with Gasteiger partial charge < -0.3 is 9.80 Å². The Morgan fingerprint density at radius 2 is 1.05 bits per heavy atom. The summed E-state index contributed by atoms with van der Waals surface area (Å²) in [7, 11) is 0. The average molecular weight is 339 g/mol. The van der Waals surface area contributed by atoms with Gasteiger partial charge in [-0.1, -0.05) is 19.7 Å². The highest BCUT2D eigenvalue weighted by Crippen LogP contribution is 2.22. The Morgan fingerprint density at radius 1 is 0.682 bits per heavy atom. The van der Waals surface area contributed by atoms with Gasteiger partial charge in [0.2, 0.25) is 0 Å². The molecule has 0 bridgehead atoms. The van der Waals surface area contributed by atoms with Crippen LogP contribution in [-0.2, 0) is 0 Å². The summed E-state index contributed by atoms with van der Waals surface area (Å²) < 4.78 is 0. The molecule has 0 amide bonds. The second kappa shape index (κ2) is 9.86. The number of nitrogens with zero attached hydrogens (tertiary/aromatic N) is 2. The topological polar surface area (TPSA) is 6.48 Å². The summed E-state index contributed by atoms with van der Waals surface area (Å²) in [4.78, 5) is 5.09. The minimum absolute atomic E-state index is 1.03. The third-order valence-corrected chi connectivity index (χ3v) is 6.41. The van der Waals surface area contributed by atoms with Crippen LogP contribution in [0.25, 0.3) is 0 Å². The van der Waals surface area contributed by atoms with Gasteiger partial charge in [0.15, 0.2) is 0 Å². The third kappa shape index (κ3) is 6.15. The SMILES string of the molecule is C=C(CCN1CCSCC1)C(=C)C(=C)CCN1CCSCC1. The van der Waals surface area contributed by atoms with E-state index in [1.807, 2.05) is 0 Å². The molecule has 2 rings (SSSR count). The lowest BCUT2D eigenvalue weighted by Gasteiger charge is -2.27. The zero-order chi connectivity index (χ0) is 15.8. The van der Waals surface area contributed by atoms with Crippen molar-refractivity contribution in [3.05, 3.63) is 36.5 Å². The molecule has 0 aromatic heterocycles. The van der Waals surface area contributed by atoms with Gasteiger partial charge in [-0.25, -0.2) is 0 Å². The Morgan fingerprint density at radius 3 is 1.41 bits per heavy atom. The minimum atomic E-state index is 1.03. The molecule has 0 aromatic rings. The van der Waals surface area contributed by atoms with Gasteiger partial charge in [0.05, 0.1) is 0 Å². The molecule has 0 radical (unpaired) electrons. The van der Waals surface area contributed by atoms with Crippen LogP contribution in [0.5, 0.6) is 0 Å². The fourth-order valence-corrected chi connectivity index (χ4v) is 4.74. The van der Waals surface area contributed by atoms with E-state index in [9.17, 15) is 0 Å². The number of hydrogen-bond donors (Lipinski definition) is 0. The van der Waals surface area contributed by atoms with Crippen molar-refractivity contribution >= 4 is 23.5 Å². The molecular weight excluding hydrogens is 308 g/mol. The van der Waals surface area contributed by atoms with E-state index in [0.29, 0.717) is 0 Å². The summed E-state index contributed by atoms with van der Waals surface area (Å²) in [6.07, 6.45) is 2.06. The van der Waals surface area contributed by atoms with Gasteiger partial charge in [-0.05, 0) is 29.6 Å². The molecule has 2 fully saturated rings. The Labute approximate surface area is 145 Å². The van der Waals surface area contributed by atoms with E-state index >= 15 is 0 Å². The third-order valence-electron chi connectivity index (χ3n) is 4.52. The van der Waals surface area contributed by atoms with Crippen LogP contribution in [-0.4, -0.2) is 72.1 Å². The van der Waals surface area contributed by atoms with Crippen molar-refractivity contribution in [1.82, 2.24) is 9.80 Å². The second-order valence-electron chi connectivity index (χ2n) is 6.09. The van der Waals surface area contributed by atoms with Gasteiger partial charge in [-0.3, -0.25) is 0 Å². The number of hydrogen-bond acceptors (Lipinski definition) is 4. The molecule has 0 N–H and O–H groups in total. The standard InChI is InChI=1S/C18H30N2S2/c1-16(4-6-19-8-12-21-13-9-19)18(3)17(2)5-7-20-10-14-22-15-11-20/h1-15H2. The minimum Gasteiger partial charge on any atom is -0.301 e. The highest BCUT2D eigenvalue weighted by molar-refractivity contribution is 7.99. The molecule has 2 aliphatic heterocycles.